The van der Waals surface area contributed by atoms with E-state index in [0.29, 0.717) is 5.95 Å². The normalized spacial score (nSPS) is 10.8. The monoisotopic (exact) mass is 308 g/mol. The average Bonchev–Trinajstić information content (AvgIpc) is 3.05. The Hall–Kier alpha value is -3.55. The van der Waals surface area contributed by atoms with E-state index < -0.39 is 5.97 Å². The maximum Gasteiger partial charge on any atom is 0.335 e. The smallest absolute Gasteiger partial charge is 0.335 e. The molecule has 2 N–H and O–H groups in total. The van der Waals surface area contributed by atoms with E-state index in [1.54, 1.807) is 18.3 Å². The van der Waals surface area contributed by atoms with Gasteiger partial charge in [0.1, 0.15) is 0 Å². The molecule has 0 saturated heterocycles. The van der Waals surface area contributed by atoms with Gasteiger partial charge < -0.3 is 5.11 Å². The van der Waals surface area contributed by atoms with Crippen molar-refractivity contribution in [3.63, 3.8) is 0 Å². The number of nitrogens with one attached hydrogen (secondary N) is 1. The van der Waals surface area contributed by atoms with Crippen molar-refractivity contribution in [2.75, 3.05) is 5.43 Å². The van der Waals surface area contributed by atoms with Crippen LogP contribution in [0.3, 0.4) is 0 Å². The molecule has 23 heavy (non-hydrogen) atoms. The van der Waals surface area contributed by atoms with Crippen molar-refractivity contribution in [2.45, 2.75) is 0 Å². The van der Waals surface area contributed by atoms with Crippen molar-refractivity contribution >= 4 is 18.1 Å². The largest absolute Gasteiger partial charge is 0.478 e. The van der Waals surface area contributed by atoms with E-state index >= 15 is 0 Å². The Kier molecular flexibility index (Phi) is 4.05. The first-order chi connectivity index (χ1) is 11.2. The van der Waals surface area contributed by atoms with Crippen molar-refractivity contribution < 1.29 is 9.90 Å². The molecule has 3 rings (SSSR count). The molecule has 0 aliphatic carbocycles. The Balaban J connectivity index is 1.71. The first-order valence-corrected chi connectivity index (χ1v) is 6.70. The minimum atomic E-state index is -0.964. The number of hydrogen-bond acceptors (Lipinski definition) is 6. The van der Waals surface area contributed by atoms with Crippen LogP contribution >= 0.6 is 0 Å². The van der Waals surface area contributed by atoms with Gasteiger partial charge in [-0.15, -0.1) is 0 Å². The molecule has 8 heteroatoms. The molecule has 0 saturated carbocycles. The summed E-state index contributed by atoms with van der Waals surface area (Å²) in [6, 6.07) is 15.8. The summed E-state index contributed by atoms with van der Waals surface area (Å²) >= 11 is 0. The molecule has 0 spiro atoms. The van der Waals surface area contributed by atoms with Crippen molar-refractivity contribution in [2.24, 2.45) is 5.10 Å². The summed E-state index contributed by atoms with van der Waals surface area (Å²) in [6.07, 6.45) is 1.55. The molecule has 0 aliphatic rings. The molecule has 2 aromatic carbocycles. The molecule has 8 nitrogen and oxygen atoms in total. The summed E-state index contributed by atoms with van der Waals surface area (Å²) in [4.78, 5) is 10.8. The number of hydrazone groups is 1. The number of rotatable bonds is 5. The molecule has 0 bridgehead atoms. The van der Waals surface area contributed by atoms with E-state index in [2.05, 4.69) is 26.1 Å². The summed E-state index contributed by atoms with van der Waals surface area (Å²) in [5.74, 6) is -0.594. The molecule has 1 heterocycles. The van der Waals surface area contributed by atoms with E-state index in [4.69, 9.17) is 5.11 Å². The molecule has 1 aromatic heterocycles. The Morgan fingerprint density at radius 1 is 1.13 bits per heavy atom. The van der Waals surface area contributed by atoms with Crippen LogP contribution in [0.5, 0.6) is 0 Å². The Bertz CT molecular complexity index is 827. The average molecular weight is 308 g/mol. The van der Waals surface area contributed by atoms with Gasteiger partial charge in [0.15, 0.2) is 0 Å². The van der Waals surface area contributed by atoms with Gasteiger partial charge in [0.25, 0.3) is 5.95 Å². The van der Waals surface area contributed by atoms with Crippen LogP contribution in [0.15, 0.2) is 59.7 Å². The molecule has 0 fully saturated rings. The molecule has 3 aromatic rings. The summed E-state index contributed by atoms with van der Waals surface area (Å²) in [6.45, 7) is 0. The van der Waals surface area contributed by atoms with Crippen LogP contribution in [-0.4, -0.2) is 37.5 Å². The SMILES string of the molecule is O=C(O)c1ccc(C=NNc2nnnn2-c2ccccc2)cc1. The minimum Gasteiger partial charge on any atom is -0.478 e. The number of benzene rings is 2. The van der Waals surface area contributed by atoms with Gasteiger partial charge in [-0.3, -0.25) is 0 Å². The van der Waals surface area contributed by atoms with Gasteiger partial charge in [0, 0.05) is 0 Å². The molecular weight excluding hydrogens is 296 g/mol. The third kappa shape index (κ3) is 3.38. The van der Waals surface area contributed by atoms with Crippen LogP contribution in [0.25, 0.3) is 5.69 Å². The molecule has 114 valence electrons. The lowest BCUT2D eigenvalue weighted by atomic mass is 10.1. The maximum absolute atomic E-state index is 10.8. The highest BCUT2D eigenvalue weighted by atomic mass is 16.4. The number of carboxylic acid groups (broad SMARTS) is 1. The fourth-order valence-electron chi connectivity index (χ4n) is 1.88. The lowest BCUT2D eigenvalue weighted by molar-refractivity contribution is 0.0697. The second-order valence-electron chi connectivity index (χ2n) is 4.55. The number of hydrogen-bond donors (Lipinski definition) is 2. The fourth-order valence-corrected chi connectivity index (χ4v) is 1.88. The van der Waals surface area contributed by atoms with Crippen LogP contribution in [0, 0.1) is 0 Å². The number of anilines is 1. The topological polar surface area (TPSA) is 105 Å². The van der Waals surface area contributed by atoms with Gasteiger partial charge in [-0.05, 0) is 40.3 Å². The molecule has 0 unspecified atom stereocenters. The summed E-state index contributed by atoms with van der Waals surface area (Å²) in [5, 5.41) is 24.3. The fraction of sp³-hybridized carbons (Fsp3) is 0. The molecule has 0 amide bonds. The van der Waals surface area contributed by atoms with Gasteiger partial charge in [0.2, 0.25) is 0 Å². The van der Waals surface area contributed by atoms with Gasteiger partial charge in [-0.25, -0.2) is 10.2 Å². The Labute approximate surface area is 131 Å². The summed E-state index contributed by atoms with van der Waals surface area (Å²) in [7, 11) is 0. The van der Waals surface area contributed by atoms with Crippen molar-refractivity contribution in [3.05, 3.63) is 65.7 Å². The molecular formula is C15H12N6O2. The summed E-state index contributed by atoms with van der Waals surface area (Å²) < 4.78 is 1.52. The number of carbonyl (C=O) groups is 1. The Morgan fingerprint density at radius 3 is 2.57 bits per heavy atom. The number of para-hydroxylation sites is 1. The van der Waals surface area contributed by atoms with Gasteiger partial charge >= 0.3 is 5.97 Å². The third-order valence-electron chi connectivity index (χ3n) is 3.01. The van der Waals surface area contributed by atoms with Crippen LogP contribution in [0.4, 0.5) is 5.95 Å². The van der Waals surface area contributed by atoms with E-state index in [1.165, 1.54) is 16.8 Å². The van der Waals surface area contributed by atoms with Crippen molar-refractivity contribution in [1.29, 1.82) is 0 Å². The highest BCUT2D eigenvalue weighted by Gasteiger charge is 2.06. The third-order valence-corrected chi connectivity index (χ3v) is 3.01. The van der Waals surface area contributed by atoms with Gasteiger partial charge in [0.05, 0.1) is 17.5 Å². The molecule has 0 radical (unpaired) electrons. The number of nitrogens with zero attached hydrogens (tertiary/aromatic N) is 5. The van der Waals surface area contributed by atoms with E-state index in [-0.39, 0.29) is 5.56 Å². The number of tetrazole rings is 1. The van der Waals surface area contributed by atoms with Crippen LogP contribution in [0.1, 0.15) is 15.9 Å². The number of aromatic nitrogens is 4. The zero-order chi connectivity index (χ0) is 16.1. The molecule has 0 aliphatic heterocycles. The van der Waals surface area contributed by atoms with Crippen LogP contribution in [-0.2, 0) is 0 Å². The predicted molar refractivity (Wildman–Crippen MR) is 83.8 cm³/mol. The summed E-state index contributed by atoms with van der Waals surface area (Å²) in [5.41, 5.74) is 4.54. The van der Waals surface area contributed by atoms with Crippen molar-refractivity contribution in [3.8, 4) is 5.69 Å². The zero-order valence-corrected chi connectivity index (χ0v) is 11.9. The quantitative estimate of drug-likeness (QED) is 0.550. The van der Waals surface area contributed by atoms with E-state index in [0.717, 1.165) is 11.3 Å². The van der Waals surface area contributed by atoms with E-state index in [9.17, 15) is 4.79 Å². The minimum absolute atomic E-state index is 0.225. The predicted octanol–water partition coefficient (Wildman–Crippen LogP) is 1.81. The first-order valence-electron chi connectivity index (χ1n) is 6.70. The highest BCUT2D eigenvalue weighted by molar-refractivity contribution is 5.89. The van der Waals surface area contributed by atoms with E-state index in [1.807, 2.05) is 30.3 Å². The number of carboxylic acids is 1. The zero-order valence-electron chi connectivity index (χ0n) is 11.9. The van der Waals surface area contributed by atoms with Gasteiger partial charge in [-0.2, -0.15) is 9.78 Å². The molecule has 0 atom stereocenters. The lowest BCUT2D eigenvalue weighted by Crippen LogP contribution is -2.03. The lowest BCUT2D eigenvalue weighted by Gasteiger charge is -2.02. The van der Waals surface area contributed by atoms with Crippen molar-refractivity contribution in [1.82, 2.24) is 20.2 Å². The first kappa shape index (κ1) is 14.4. The number of aromatic carboxylic acids is 1. The second kappa shape index (κ2) is 6.48. The highest BCUT2D eigenvalue weighted by Crippen LogP contribution is 2.10. The Morgan fingerprint density at radius 2 is 1.87 bits per heavy atom. The van der Waals surface area contributed by atoms with Crippen LogP contribution < -0.4 is 5.43 Å². The van der Waals surface area contributed by atoms with Gasteiger partial charge in [-0.1, -0.05) is 35.4 Å². The van der Waals surface area contributed by atoms with Crippen LogP contribution in [0.2, 0.25) is 0 Å². The second-order valence-corrected chi connectivity index (χ2v) is 4.55. The maximum atomic E-state index is 10.8. The standard InChI is InChI=1S/C15H12N6O2/c22-14(23)12-8-6-11(7-9-12)10-16-17-15-18-19-20-21(15)13-4-2-1-3-5-13/h1-10H,(H,22,23)(H,17,18,20).